The average Bonchev–Trinajstić information content (AvgIpc) is 3.19. The van der Waals surface area contributed by atoms with Crippen molar-refractivity contribution in [2.75, 3.05) is 20.8 Å². The van der Waals surface area contributed by atoms with Gasteiger partial charge in [0.25, 0.3) is 0 Å². The van der Waals surface area contributed by atoms with E-state index >= 15 is 0 Å². The Kier molecular flexibility index (Phi) is 3.78. The van der Waals surface area contributed by atoms with Crippen molar-refractivity contribution in [1.82, 2.24) is 5.32 Å². The van der Waals surface area contributed by atoms with Crippen LogP contribution in [0.4, 0.5) is 0 Å². The average molecular weight is 251 g/mol. The summed E-state index contributed by atoms with van der Waals surface area (Å²) in [5.41, 5.74) is -0.222. The second-order valence-electron chi connectivity index (χ2n) is 5.00. The van der Waals surface area contributed by atoms with Crippen LogP contribution in [0.5, 0.6) is 11.5 Å². The van der Waals surface area contributed by atoms with Crippen molar-refractivity contribution in [2.45, 2.75) is 31.4 Å². The van der Waals surface area contributed by atoms with E-state index < -0.39 is 5.60 Å². The van der Waals surface area contributed by atoms with E-state index in [-0.39, 0.29) is 0 Å². The Balaban J connectivity index is 2.21. The first kappa shape index (κ1) is 13.2. The molecule has 100 valence electrons. The smallest absolute Gasteiger partial charge is 0.125 e. The Hall–Kier alpha value is -1.26. The van der Waals surface area contributed by atoms with E-state index in [0.29, 0.717) is 18.3 Å². The van der Waals surface area contributed by atoms with Crippen LogP contribution in [0.3, 0.4) is 0 Å². The molecule has 0 bridgehead atoms. The van der Waals surface area contributed by atoms with E-state index in [1.807, 2.05) is 18.2 Å². The third kappa shape index (κ3) is 2.94. The van der Waals surface area contributed by atoms with Crippen molar-refractivity contribution < 1.29 is 14.6 Å². The summed E-state index contributed by atoms with van der Waals surface area (Å²) in [6.45, 7) is 2.31. The molecule has 0 spiro atoms. The molecule has 0 saturated heterocycles. The molecule has 1 aromatic carbocycles. The molecule has 1 aliphatic rings. The van der Waals surface area contributed by atoms with Gasteiger partial charge in [0.05, 0.1) is 14.2 Å². The maximum absolute atomic E-state index is 10.6. The Morgan fingerprint density at radius 1 is 1.33 bits per heavy atom. The molecule has 1 aromatic rings. The highest BCUT2D eigenvalue weighted by molar-refractivity contribution is 5.43. The van der Waals surface area contributed by atoms with Crippen molar-refractivity contribution in [2.24, 2.45) is 0 Å². The molecule has 4 heteroatoms. The van der Waals surface area contributed by atoms with Gasteiger partial charge in [-0.3, -0.25) is 0 Å². The molecule has 1 atom stereocenters. The van der Waals surface area contributed by atoms with Gasteiger partial charge in [-0.05, 0) is 38.0 Å². The number of methoxy groups -OCH3 is 2. The zero-order chi connectivity index (χ0) is 13.2. The van der Waals surface area contributed by atoms with Crippen LogP contribution in [0.15, 0.2) is 18.2 Å². The highest BCUT2D eigenvalue weighted by atomic mass is 16.5. The summed E-state index contributed by atoms with van der Waals surface area (Å²) in [5.74, 6) is 1.40. The van der Waals surface area contributed by atoms with Crippen LogP contribution in [0.2, 0.25) is 0 Å². The minimum Gasteiger partial charge on any atom is -0.497 e. The second-order valence-corrected chi connectivity index (χ2v) is 5.00. The van der Waals surface area contributed by atoms with E-state index in [4.69, 9.17) is 9.47 Å². The van der Waals surface area contributed by atoms with Gasteiger partial charge in [-0.15, -0.1) is 0 Å². The van der Waals surface area contributed by atoms with Crippen LogP contribution >= 0.6 is 0 Å². The third-order valence-electron chi connectivity index (χ3n) is 3.30. The molecule has 1 fully saturated rings. The summed E-state index contributed by atoms with van der Waals surface area (Å²) in [6, 6.07) is 6.04. The standard InChI is InChI=1S/C14H21NO3/c1-14(16,9-15-10-4-5-10)12-8-11(17-2)6-7-13(12)18-3/h6-8,10,15-16H,4-5,9H2,1-3H3. The van der Waals surface area contributed by atoms with Crippen molar-refractivity contribution in [3.05, 3.63) is 23.8 Å². The fourth-order valence-electron chi connectivity index (χ4n) is 1.96. The summed E-state index contributed by atoms with van der Waals surface area (Å²) >= 11 is 0. The Morgan fingerprint density at radius 3 is 2.61 bits per heavy atom. The molecule has 0 heterocycles. The summed E-state index contributed by atoms with van der Waals surface area (Å²) in [7, 11) is 3.22. The van der Waals surface area contributed by atoms with Crippen molar-refractivity contribution in [3.63, 3.8) is 0 Å². The Morgan fingerprint density at radius 2 is 2.06 bits per heavy atom. The number of aliphatic hydroxyl groups is 1. The number of hydrogen-bond donors (Lipinski definition) is 2. The van der Waals surface area contributed by atoms with Gasteiger partial charge >= 0.3 is 0 Å². The maximum atomic E-state index is 10.6. The minimum absolute atomic E-state index is 0.515. The predicted molar refractivity (Wildman–Crippen MR) is 70.1 cm³/mol. The van der Waals surface area contributed by atoms with Gasteiger partial charge in [0.15, 0.2) is 0 Å². The van der Waals surface area contributed by atoms with E-state index in [2.05, 4.69) is 5.32 Å². The lowest BCUT2D eigenvalue weighted by Crippen LogP contribution is -2.36. The minimum atomic E-state index is -0.970. The molecule has 1 saturated carbocycles. The van der Waals surface area contributed by atoms with Crippen LogP contribution in [0.1, 0.15) is 25.3 Å². The zero-order valence-corrected chi connectivity index (χ0v) is 11.2. The lowest BCUT2D eigenvalue weighted by molar-refractivity contribution is 0.0537. The fraction of sp³-hybridized carbons (Fsp3) is 0.571. The third-order valence-corrected chi connectivity index (χ3v) is 3.30. The fourth-order valence-corrected chi connectivity index (χ4v) is 1.96. The molecule has 18 heavy (non-hydrogen) atoms. The lowest BCUT2D eigenvalue weighted by Gasteiger charge is -2.26. The highest BCUT2D eigenvalue weighted by Crippen LogP contribution is 2.33. The van der Waals surface area contributed by atoms with Gasteiger partial charge < -0.3 is 19.9 Å². The van der Waals surface area contributed by atoms with E-state index in [1.54, 1.807) is 21.1 Å². The molecule has 0 amide bonds. The molecule has 1 unspecified atom stereocenters. The molecule has 0 radical (unpaired) electrons. The molecular formula is C14H21NO3. The van der Waals surface area contributed by atoms with Gasteiger partial charge in [-0.2, -0.15) is 0 Å². The molecule has 0 aromatic heterocycles. The predicted octanol–water partition coefficient (Wildman–Crippen LogP) is 1.66. The largest absolute Gasteiger partial charge is 0.497 e. The van der Waals surface area contributed by atoms with Crippen molar-refractivity contribution >= 4 is 0 Å². The van der Waals surface area contributed by atoms with E-state index in [0.717, 1.165) is 11.3 Å². The molecule has 2 N–H and O–H groups in total. The normalized spacial score (nSPS) is 18.2. The summed E-state index contributed by atoms with van der Waals surface area (Å²) < 4.78 is 10.5. The molecular weight excluding hydrogens is 230 g/mol. The highest BCUT2D eigenvalue weighted by Gasteiger charge is 2.30. The monoisotopic (exact) mass is 251 g/mol. The summed E-state index contributed by atoms with van der Waals surface area (Å²) in [6.07, 6.45) is 2.40. The quantitative estimate of drug-likeness (QED) is 0.807. The maximum Gasteiger partial charge on any atom is 0.125 e. The van der Waals surface area contributed by atoms with Gasteiger partial charge in [0.1, 0.15) is 17.1 Å². The van der Waals surface area contributed by atoms with Crippen LogP contribution in [-0.2, 0) is 5.60 Å². The van der Waals surface area contributed by atoms with Crippen LogP contribution < -0.4 is 14.8 Å². The SMILES string of the molecule is COc1ccc(OC)c(C(C)(O)CNC2CC2)c1. The van der Waals surface area contributed by atoms with Gasteiger partial charge in [-0.1, -0.05) is 0 Å². The van der Waals surface area contributed by atoms with E-state index in [9.17, 15) is 5.11 Å². The first-order valence-electron chi connectivity index (χ1n) is 6.25. The lowest BCUT2D eigenvalue weighted by atomic mass is 9.94. The number of benzene rings is 1. The van der Waals surface area contributed by atoms with Gasteiger partial charge in [-0.25, -0.2) is 0 Å². The van der Waals surface area contributed by atoms with E-state index in [1.165, 1.54) is 12.8 Å². The van der Waals surface area contributed by atoms with Gasteiger partial charge in [0, 0.05) is 18.2 Å². The number of nitrogens with one attached hydrogen (secondary N) is 1. The van der Waals surface area contributed by atoms with Crippen molar-refractivity contribution in [3.8, 4) is 11.5 Å². The second kappa shape index (κ2) is 5.16. The number of hydrogen-bond acceptors (Lipinski definition) is 4. The Bertz CT molecular complexity index is 414. The topological polar surface area (TPSA) is 50.7 Å². The molecule has 2 rings (SSSR count). The van der Waals surface area contributed by atoms with Crippen molar-refractivity contribution in [1.29, 1.82) is 0 Å². The number of ether oxygens (including phenoxy) is 2. The Labute approximate surface area is 108 Å². The zero-order valence-electron chi connectivity index (χ0n) is 11.2. The molecule has 0 aliphatic heterocycles. The summed E-state index contributed by atoms with van der Waals surface area (Å²) in [4.78, 5) is 0. The van der Waals surface area contributed by atoms with Gasteiger partial charge in [0.2, 0.25) is 0 Å². The molecule has 1 aliphatic carbocycles. The summed E-state index contributed by atoms with van der Waals surface area (Å²) in [5, 5.41) is 13.9. The number of rotatable bonds is 6. The first-order chi connectivity index (χ1) is 8.56. The van der Waals surface area contributed by atoms with Crippen LogP contribution in [0.25, 0.3) is 0 Å². The molecule has 4 nitrogen and oxygen atoms in total. The first-order valence-corrected chi connectivity index (χ1v) is 6.25. The van der Waals surface area contributed by atoms with Crippen LogP contribution in [-0.4, -0.2) is 31.9 Å². The van der Waals surface area contributed by atoms with Crippen LogP contribution in [0, 0.1) is 0 Å².